The molecule has 9 aromatic carbocycles. The van der Waals surface area contributed by atoms with Gasteiger partial charge in [-0.05, 0) is 96.9 Å². The van der Waals surface area contributed by atoms with E-state index in [1.165, 1.54) is 43.8 Å². The molecule has 0 radical (unpaired) electrons. The van der Waals surface area contributed by atoms with Crippen LogP contribution < -0.4 is 0 Å². The molecule has 0 atom stereocenters. The Balaban J connectivity index is 1.20. The smallest absolute Gasteiger partial charge is 0.136 e. The van der Waals surface area contributed by atoms with Gasteiger partial charge in [0.2, 0.25) is 0 Å². The molecule has 0 amide bonds. The van der Waals surface area contributed by atoms with Crippen LogP contribution in [0.1, 0.15) is 0 Å². The second-order valence-corrected chi connectivity index (χ2v) is 13.6. The summed E-state index contributed by atoms with van der Waals surface area (Å²) < 4.78 is 12.9. The lowest BCUT2D eigenvalue weighted by atomic mass is 9.84. The molecule has 0 fully saturated rings. The first-order valence-corrected chi connectivity index (χ1v) is 17.8. The number of hydrogen-bond acceptors (Lipinski definition) is 2. The highest BCUT2D eigenvalue weighted by Crippen LogP contribution is 2.47. The van der Waals surface area contributed by atoms with E-state index in [1.54, 1.807) is 0 Å². The molecule has 0 aliphatic carbocycles. The lowest BCUT2D eigenvalue weighted by Crippen LogP contribution is -1.92. The SMILES string of the molecule is c1ccc(-c2c3ccccc3c(-c3cccc(-c4c(-c5ccc6c(c5)oc5ccccc56)ccc5oc6ccccc6c45)c3)c3ccccc23)cc1. The van der Waals surface area contributed by atoms with E-state index in [4.69, 9.17) is 8.83 Å². The van der Waals surface area contributed by atoms with Gasteiger partial charge in [0.05, 0.1) is 0 Å². The van der Waals surface area contributed by atoms with Crippen LogP contribution >= 0.6 is 0 Å². The van der Waals surface area contributed by atoms with E-state index in [1.807, 2.05) is 18.2 Å². The summed E-state index contributed by atoms with van der Waals surface area (Å²) in [5, 5.41) is 9.43. The van der Waals surface area contributed by atoms with Crippen molar-refractivity contribution in [2.75, 3.05) is 0 Å². The van der Waals surface area contributed by atoms with Crippen molar-refractivity contribution in [1.29, 1.82) is 0 Å². The first kappa shape index (κ1) is 28.9. The van der Waals surface area contributed by atoms with E-state index in [2.05, 4.69) is 164 Å². The molecule has 2 heteroatoms. The second kappa shape index (κ2) is 11.3. The Morgan fingerprint density at radius 2 is 0.750 bits per heavy atom. The zero-order chi connectivity index (χ0) is 34.2. The summed E-state index contributed by atoms with van der Waals surface area (Å²) in [5.41, 5.74) is 13.0. The van der Waals surface area contributed by atoms with Crippen LogP contribution in [0.3, 0.4) is 0 Å². The average Bonchev–Trinajstić information content (AvgIpc) is 3.78. The molecule has 0 aliphatic heterocycles. The zero-order valence-electron chi connectivity index (χ0n) is 28.1. The zero-order valence-corrected chi connectivity index (χ0v) is 28.1. The minimum atomic E-state index is 0.873. The molecule has 2 nitrogen and oxygen atoms in total. The van der Waals surface area contributed by atoms with Crippen molar-refractivity contribution in [3.8, 4) is 44.5 Å². The summed E-state index contributed by atoms with van der Waals surface area (Å²) in [6.45, 7) is 0. The second-order valence-electron chi connectivity index (χ2n) is 13.6. The summed E-state index contributed by atoms with van der Waals surface area (Å²) in [6.07, 6.45) is 0. The molecule has 0 bridgehead atoms. The van der Waals surface area contributed by atoms with Gasteiger partial charge < -0.3 is 8.83 Å². The van der Waals surface area contributed by atoms with Gasteiger partial charge in [0, 0.05) is 27.1 Å². The lowest BCUT2D eigenvalue weighted by molar-refractivity contribution is 0.669. The molecule has 242 valence electrons. The van der Waals surface area contributed by atoms with E-state index in [0.717, 1.165) is 66.1 Å². The van der Waals surface area contributed by atoms with Crippen molar-refractivity contribution >= 4 is 65.4 Å². The summed E-state index contributed by atoms with van der Waals surface area (Å²) >= 11 is 0. The van der Waals surface area contributed by atoms with Crippen LogP contribution in [-0.4, -0.2) is 0 Å². The molecule has 2 aromatic heterocycles. The molecule has 0 N–H and O–H groups in total. The minimum absolute atomic E-state index is 0.873. The van der Waals surface area contributed by atoms with Crippen LogP contribution in [0.25, 0.3) is 110 Å². The molecule has 0 saturated heterocycles. The Bertz CT molecular complexity index is 3120. The maximum absolute atomic E-state index is 6.48. The largest absolute Gasteiger partial charge is 0.456 e. The van der Waals surface area contributed by atoms with Gasteiger partial charge in [0.25, 0.3) is 0 Å². The van der Waals surface area contributed by atoms with Crippen LogP contribution in [0.4, 0.5) is 0 Å². The molecular formula is C50H30O2. The Morgan fingerprint density at radius 1 is 0.250 bits per heavy atom. The van der Waals surface area contributed by atoms with E-state index in [-0.39, 0.29) is 0 Å². The Kier molecular flexibility index (Phi) is 6.28. The fraction of sp³-hybridized carbons (Fsp3) is 0. The Labute approximate surface area is 299 Å². The van der Waals surface area contributed by atoms with Crippen molar-refractivity contribution in [1.82, 2.24) is 0 Å². The van der Waals surface area contributed by atoms with Gasteiger partial charge in [-0.1, -0.05) is 146 Å². The predicted molar refractivity (Wildman–Crippen MR) is 218 cm³/mol. The Morgan fingerprint density at radius 3 is 1.44 bits per heavy atom. The summed E-state index contributed by atoms with van der Waals surface area (Å²) in [6, 6.07) is 65.1. The molecule has 0 aliphatic rings. The normalized spacial score (nSPS) is 11.8. The number of hydrogen-bond donors (Lipinski definition) is 0. The third-order valence-corrected chi connectivity index (χ3v) is 10.7. The van der Waals surface area contributed by atoms with Crippen LogP contribution in [0.15, 0.2) is 191 Å². The Hall–Kier alpha value is -6.90. The summed E-state index contributed by atoms with van der Waals surface area (Å²) in [7, 11) is 0. The molecule has 11 aromatic rings. The molecule has 0 unspecified atom stereocenters. The first-order valence-electron chi connectivity index (χ1n) is 17.8. The van der Waals surface area contributed by atoms with Gasteiger partial charge >= 0.3 is 0 Å². The van der Waals surface area contributed by atoms with Crippen LogP contribution in [-0.2, 0) is 0 Å². The van der Waals surface area contributed by atoms with E-state index < -0.39 is 0 Å². The number of para-hydroxylation sites is 2. The fourth-order valence-corrected chi connectivity index (χ4v) is 8.44. The van der Waals surface area contributed by atoms with E-state index >= 15 is 0 Å². The number of furan rings is 2. The van der Waals surface area contributed by atoms with Crippen LogP contribution in [0.5, 0.6) is 0 Å². The van der Waals surface area contributed by atoms with Gasteiger partial charge in [-0.25, -0.2) is 0 Å². The quantitative estimate of drug-likeness (QED) is 0.175. The lowest BCUT2D eigenvalue weighted by Gasteiger charge is -2.19. The monoisotopic (exact) mass is 662 g/mol. The van der Waals surface area contributed by atoms with Gasteiger partial charge in [0.1, 0.15) is 22.3 Å². The standard InChI is InChI=1S/C50H30O2/c1-2-13-31(14-3-1)47-38-18-4-6-20-40(38)48(41-21-7-5-19-39(41)47)33-15-12-16-34(29-33)49-35(27-28-45-50(49)42-22-9-11-24-44(42)51-45)32-25-26-37-36-17-8-10-23-43(36)52-46(37)30-32/h1-30H. The van der Waals surface area contributed by atoms with Crippen molar-refractivity contribution in [2.45, 2.75) is 0 Å². The molecular weight excluding hydrogens is 633 g/mol. The summed E-state index contributed by atoms with van der Waals surface area (Å²) in [4.78, 5) is 0. The molecule has 0 spiro atoms. The topological polar surface area (TPSA) is 26.3 Å². The number of benzene rings is 9. The fourth-order valence-electron chi connectivity index (χ4n) is 8.44. The molecule has 11 rings (SSSR count). The first-order chi connectivity index (χ1) is 25.8. The van der Waals surface area contributed by atoms with Crippen molar-refractivity contribution in [3.63, 3.8) is 0 Å². The summed E-state index contributed by atoms with van der Waals surface area (Å²) in [5.74, 6) is 0. The highest BCUT2D eigenvalue weighted by Gasteiger charge is 2.21. The third kappa shape index (κ3) is 4.31. The van der Waals surface area contributed by atoms with E-state index in [0.29, 0.717) is 0 Å². The molecule has 2 heterocycles. The van der Waals surface area contributed by atoms with Gasteiger partial charge in [-0.3, -0.25) is 0 Å². The third-order valence-electron chi connectivity index (χ3n) is 10.7. The van der Waals surface area contributed by atoms with Crippen molar-refractivity contribution < 1.29 is 8.83 Å². The van der Waals surface area contributed by atoms with Crippen molar-refractivity contribution in [2.24, 2.45) is 0 Å². The number of fused-ring (bicyclic) bond motifs is 8. The van der Waals surface area contributed by atoms with Crippen LogP contribution in [0.2, 0.25) is 0 Å². The molecule has 52 heavy (non-hydrogen) atoms. The average molecular weight is 663 g/mol. The molecule has 0 saturated carbocycles. The van der Waals surface area contributed by atoms with Crippen molar-refractivity contribution in [3.05, 3.63) is 182 Å². The van der Waals surface area contributed by atoms with E-state index in [9.17, 15) is 0 Å². The van der Waals surface area contributed by atoms with Crippen LogP contribution in [0, 0.1) is 0 Å². The van der Waals surface area contributed by atoms with Gasteiger partial charge in [-0.15, -0.1) is 0 Å². The highest BCUT2D eigenvalue weighted by molar-refractivity contribution is 6.22. The maximum Gasteiger partial charge on any atom is 0.136 e. The maximum atomic E-state index is 6.48. The predicted octanol–water partition coefficient (Wildman–Crippen LogP) is 14.5. The van der Waals surface area contributed by atoms with Gasteiger partial charge in [0.15, 0.2) is 0 Å². The number of rotatable bonds is 4. The highest BCUT2D eigenvalue weighted by atomic mass is 16.3. The minimum Gasteiger partial charge on any atom is -0.456 e. The van der Waals surface area contributed by atoms with Gasteiger partial charge in [-0.2, -0.15) is 0 Å².